The van der Waals surface area contributed by atoms with E-state index in [4.69, 9.17) is 13.9 Å². The maximum absolute atomic E-state index is 13.0. The molecule has 3 aromatic rings. The summed E-state index contributed by atoms with van der Waals surface area (Å²) in [6.45, 7) is 0.0621. The molecule has 2 aromatic carbocycles. The van der Waals surface area contributed by atoms with Gasteiger partial charge in [0.05, 0.1) is 0 Å². The quantitative estimate of drug-likeness (QED) is 0.534. The molecule has 0 radical (unpaired) electrons. The molecule has 2 N–H and O–H groups in total. The number of amides is 2. The van der Waals surface area contributed by atoms with Gasteiger partial charge in [-0.3, -0.25) is 20.4 Å². The SMILES string of the molecule is O=C(NNC(=O)C1COc2ccccc2O1)c1oc2ccccc2c1CSC1CCCCC1. The van der Waals surface area contributed by atoms with Crippen LogP contribution < -0.4 is 20.3 Å². The minimum Gasteiger partial charge on any atom is -0.485 e. The number of furan rings is 1. The van der Waals surface area contributed by atoms with Crippen LogP contribution in [-0.4, -0.2) is 29.8 Å². The number of nitrogens with one attached hydrogen (secondary N) is 2. The second kappa shape index (κ2) is 9.79. The molecule has 1 fully saturated rings. The molecule has 0 bridgehead atoms. The number of rotatable bonds is 5. The van der Waals surface area contributed by atoms with Gasteiger partial charge in [-0.15, -0.1) is 0 Å². The Bertz CT molecular complexity index is 1150. The molecule has 8 heteroatoms. The highest BCUT2D eigenvalue weighted by Crippen LogP contribution is 2.35. The van der Waals surface area contributed by atoms with Gasteiger partial charge in [-0.05, 0) is 31.0 Å². The minimum absolute atomic E-state index is 0.0621. The zero-order valence-electron chi connectivity index (χ0n) is 18.2. The average Bonchev–Trinajstić information content (AvgIpc) is 3.25. The second-order valence-corrected chi connectivity index (χ2v) is 9.57. The molecule has 0 saturated heterocycles. The van der Waals surface area contributed by atoms with Crippen molar-refractivity contribution in [3.63, 3.8) is 0 Å². The number of carbonyl (C=O) groups excluding carboxylic acids is 2. The van der Waals surface area contributed by atoms with Gasteiger partial charge in [-0.2, -0.15) is 11.8 Å². The third kappa shape index (κ3) is 4.80. The van der Waals surface area contributed by atoms with E-state index in [1.54, 1.807) is 18.2 Å². The van der Waals surface area contributed by atoms with Gasteiger partial charge in [0, 0.05) is 22.0 Å². The molecular weight excluding hydrogens is 440 g/mol. The lowest BCUT2D eigenvalue weighted by Crippen LogP contribution is -2.50. The van der Waals surface area contributed by atoms with Crippen molar-refractivity contribution in [2.75, 3.05) is 6.61 Å². The Hall–Kier alpha value is -3.13. The number of para-hydroxylation sites is 3. The largest absolute Gasteiger partial charge is 0.485 e. The Morgan fingerprint density at radius 3 is 2.55 bits per heavy atom. The molecule has 1 atom stereocenters. The van der Waals surface area contributed by atoms with E-state index >= 15 is 0 Å². The minimum atomic E-state index is -0.864. The van der Waals surface area contributed by atoms with Crippen LogP contribution in [0.15, 0.2) is 52.9 Å². The van der Waals surface area contributed by atoms with Crippen molar-refractivity contribution in [1.29, 1.82) is 0 Å². The first-order valence-electron chi connectivity index (χ1n) is 11.3. The summed E-state index contributed by atoms with van der Waals surface area (Å²) in [5.74, 6) is 1.02. The summed E-state index contributed by atoms with van der Waals surface area (Å²) in [5.41, 5.74) is 6.45. The summed E-state index contributed by atoms with van der Waals surface area (Å²) in [7, 11) is 0. The van der Waals surface area contributed by atoms with Crippen molar-refractivity contribution in [1.82, 2.24) is 10.9 Å². The molecule has 1 unspecified atom stereocenters. The first-order chi connectivity index (χ1) is 16.2. The average molecular weight is 467 g/mol. The molecule has 172 valence electrons. The molecule has 1 aromatic heterocycles. The van der Waals surface area contributed by atoms with Crippen LogP contribution in [0.1, 0.15) is 48.2 Å². The van der Waals surface area contributed by atoms with E-state index in [1.165, 1.54) is 32.1 Å². The normalized spacial score (nSPS) is 18.1. The number of hydrogen-bond acceptors (Lipinski definition) is 6. The van der Waals surface area contributed by atoms with Crippen LogP contribution in [0.25, 0.3) is 11.0 Å². The number of fused-ring (bicyclic) bond motifs is 2. The number of thioether (sulfide) groups is 1. The zero-order chi connectivity index (χ0) is 22.6. The van der Waals surface area contributed by atoms with Crippen LogP contribution >= 0.6 is 11.8 Å². The summed E-state index contributed by atoms with van der Waals surface area (Å²) in [6.07, 6.45) is 5.40. The van der Waals surface area contributed by atoms with Crippen LogP contribution in [0.2, 0.25) is 0 Å². The van der Waals surface area contributed by atoms with Gasteiger partial charge in [0.1, 0.15) is 12.2 Å². The molecule has 1 saturated carbocycles. The molecular formula is C25H26N2O5S. The van der Waals surface area contributed by atoms with E-state index in [2.05, 4.69) is 10.9 Å². The molecule has 2 heterocycles. The first kappa shape index (κ1) is 21.7. The van der Waals surface area contributed by atoms with Crippen molar-refractivity contribution >= 4 is 34.5 Å². The van der Waals surface area contributed by atoms with Gasteiger partial charge in [-0.1, -0.05) is 49.6 Å². The summed E-state index contributed by atoms with van der Waals surface area (Å²) in [5, 5.41) is 1.53. The Labute approximate surface area is 196 Å². The van der Waals surface area contributed by atoms with Crippen LogP contribution in [-0.2, 0) is 10.5 Å². The number of hydrogen-bond donors (Lipinski definition) is 2. The standard InChI is InChI=1S/C25H26N2O5S/c28-24(22-14-30-20-12-6-7-13-21(20)31-22)26-27-25(29)23-18(15-33-16-8-2-1-3-9-16)17-10-4-5-11-19(17)32-23/h4-7,10-13,16,22H,1-3,8-9,14-15H2,(H,26,28)(H,27,29). The molecule has 2 aliphatic rings. The third-order valence-corrected chi connectivity index (χ3v) is 7.42. The van der Waals surface area contributed by atoms with E-state index in [-0.39, 0.29) is 12.4 Å². The van der Waals surface area contributed by atoms with Gasteiger partial charge in [0.2, 0.25) is 6.10 Å². The lowest BCUT2D eigenvalue weighted by atomic mass is 10.0. The van der Waals surface area contributed by atoms with Gasteiger partial charge < -0.3 is 13.9 Å². The van der Waals surface area contributed by atoms with Crippen LogP contribution in [0.4, 0.5) is 0 Å². The zero-order valence-corrected chi connectivity index (χ0v) is 19.0. The van der Waals surface area contributed by atoms with Gasteiger partial charge in [-0.25, -0.2) is 0 Å². The first-order valence-corrected chi connectivity index (χ1v) is 12.3. The van der Waals surface area contributed by atoms with Crippen molar-refractivity contribution in [3.05, 3.63) is 59.9 Å². The Balaban J connectivity index is 1.25. The van der Waals surface area contributed by atoms with Crippen molar-refractivity contribution in [2.24, 2.45) is 0 Å². The Morgan fingerprint density at radius 2 is 1.70 bits per heavy atom. The molecule has 33 heavy (non-hydrogen) atoms. The maximum atomic E-state index is 13.0. The second-order valence-electron chi connectivity index (χ2n) is 8.28. The fraction of sp³-hybridized carbons (Fsp3) is 0.360. The van der Waals surface area contributed by atoms with E-state index in [0.29, 0.717) is 28.1 Å². The predicted octanol–water partition coefficient (Wildman–Crippen LogP) is 4.60. The summed E-state index contributed by atoms with van der Waals surface area (Å²) < 4.78 is 17.2. The highest BCUT2D eigenvalue weighted by Gasteiger charge is 2.29. The molecule has 5 rings (SSSR count). The molecule has 2 amide bonds. The number of benzene rings is 2. The lowest BCUT2D eigenvalue weighted by molar-refractivity contribution is -0.131. The topological polar surface area (TPSA) is 89.8 Å². The molecule has 1 aliphatic heterocycles. The van der Waals surface area contributed by atoms with Crippen molar-refractivity contribution in [2.45, 2.75) is 49.2 Å². The smallest absolute Gasteiger partial charge is 0.305 e. The fourth-order valence-electron chi connectivity index (χ4n) is 4.26. The third-order valence-electron chi connectivity index (χ3n) is 6.02. The summed E-state index contributed by atoms with van der Waals surface area (Å²) in [6, 6.07) is 14.8. The van der Waals surface area contributed by atoms with Crippen molar-refractivity contribution < 1.29 is 23.5 Å². The lowest BCUT2D eigenvalue weighted by Gasteiger charge is -2.25. The van der Waals surface area contributed by atoms with Gasteiger partial charge >= 0.3 is 5.91 Å². The van der Waals surface area contributed by atoms with Gasteiger partial charge in [0.25, 0.3) is 5.91 Å². The number of carbonyl (C=O) groups is 2. The maximum Gasteiger partial charge on any atom is 0.305 e. The van der Waals surface area contributed by atoms with E-state index in [0.717, 1.165) is 10.9 Å². The molecule has 1 aliphatic carbocycles. The van der Waals surface area contributed by atoms with Gasteiger partial charge in [0.15, 0.2) is 17.3 Å². The monoisotopic (exact) mass is 466 g/mol. The summed E-state index contributed by atoms with van der Waals surface area (Å²) >= 11 is 1.88. The highest BCUT2D eigenvalue weighted by atomic mass is 32.2. The van der Waals surface area contributed by atoms with Crippen molar-refractivity contribution in [3.8, 4) is 11.5 Å². The van der Waals surface area contributed by atoms with E-state index in [1.807, 2.05) is 42.1 Å². The predicted molar refractivity (Wildman–Crippen MR) is 126 cm³/mol. The number of ether oxygens (including phenoxy) is 2. The Kier molecular flexibility index (Phi) is 6.44. The number of hydrazine groups is 1. The van der Waals surface area contributed by atoms with E-state index in [9.17, 15) is 9.59 Å². The fourth-order valence-corrected chi connectivity index (χ4v) is 5.62. The van der Waals surface area contributed by atoms with Crippen LogP contribution in [0.5, 0.6) is 11.5 Å². The van der Waals surface area contributed by atoms with Crippen LogP contribution in [0.3, 0.4) is 0 Å². The molecule has 0 spiro atoms. The van der Waals surface area contributed by atoms with Crippen LogP contribution in [0, 0.1) is 0 Å². The van der Waals surface area contributed by atoms with E-state index < -0.39 is 17.9 Å². The highest BCUT2D eigenvalue weighted by molar-refractivity contribution is 7.99. The molecule has 7 nitrogen and oxygen atoms in total. The summed E-state index contributed by atoms with van der Waals surface area (Å²) in [4.78, 5) is 25.5. The Morgan fingerprint density at radius 1 is 0.939 bits per heavy atom.